The van der Waals surface area contributed by atoms with Crippen molar-refractivity contribution in [2.75, 3.05) is 5.32 Å². The number of carbonyl (C=O) groups excluding carboxylic acids is 1. The lowest BCUT2D eigenvalue weighted by Gasteiger charge is -2.12. The molecule has 0 radical (unpaired) electrons. The number of halogens is 4. The van der Waals surface area contributed by atoms with Crippen LogP contribution in [-0.4, -0.2) is 20.7 Å². The first kappa shape index (κ1) is 18.1. The van der Waals surface area contributed by atoms with Gasteiger partial charge in [0.25, 0.3) is 5.91 Å². The summed E-state index contributed by atoms with van der Waals surface area (Å²) < 4.78 is 41.1. The van der Waals surface area contributed by atoms with Gasteiger partial charge in [0.05, 0.1) is 23.8 Å². The second kappa shape index (κ2) is 6.91. The van der Waals surface area contributed by atoms with Crippen LogP contribution in [0.2, 0.25) is 0 Å². The van der Waals surface area contributed by atoms with Crippen molar-refractivity contribution in [2.45, 2.75) is 12.7 Å². The maximum absolute atomic E-state index is 13.1. The average molecular weight is 425 g/mol. The van der Waals surface area contributed by atoms with Crippen molar-refractivity contribution in [1.82, 2.24) is 14.8 Å². The minimum absolute atomic E-state index is 0.00359. The Kier molecular flexibility index (Phi) is 4.82. The lowest BCUT2D eigenvalue weighted by Crippen LogP contribution is -2.20. The van der Waals surface area contributed by atoms with Crippen molar-refractivity contribution in [1.29, 1.82) is 0 Å². The highest BCUT2D eigenvalue weighted by Gasteiger charge is 2.37. The summed E-state index contributed by atoms with van der Waals surface area (Å²) in [5.41, 5.74) is -0.723. The molecular weight excluding hydrogens is 413 g/mol. The summed E-state index contributed by atoms with van der Waals surface area (Å²) in [6, 6.07) is 7.33. The van der Waals surface area contributed by atoms with E-state index in [0.717, 1.165) is 17.0 Å². The number of anilines is 1. The summed E-state index contributed by atoms with van der Waals surface area (Å²) in [6.45, 7) is 4.11. The number of hydrogen-bond donors (Lipinski definition) is 1. The van der Waals surface area contributed by atoms with Crippen LogP contribution in [0.3, 0.4) is 0 Å². The number of pyridine rings is 1. The second-order valence-corrected chi connectivity index (χ2v) is 6.18. The number of amides is 1. The molecule has 0 saturated carbocycles. The fourth-order valence-electron chi connectivity index (χ4n) is 2.45. The molecule has 1 aromatic carbocycles. The van der Waals surface area contributed by atoms with Gasteiger partial charge in [-0.2, -0.15) is 18.3 Å². The van der Waals surface area contributed by atoms with Gasteiger partial charge < -0.3 is 5.32 Å². The van der Waals surface area contributed by atoms with Crippen molar-refractivity contribution < 1.29 is 18.0 Å². The summed E-state index contributed by atoms with van der Waals surface area (Å²) in [6.07, 6.45) is -1.42. The van der Waals surface area contributed by atoms with E-state index in [-0.39, 0.29) is 4.60 Å². The molecule has 0 aliphatic carbocycles. The summed E-state index contributed by atoms with van der Waals surface area (Å²) in [5.74, 6) is -0.897. The summed E-state index contributed by atoms with van der Waals surface area (Å²) in [5, 5.41) is 7.51. The van der Waals surface area contributed by atoms with E-state index in [0.29, 0.717) is 12.2 Å². The SMILES string of the molecule is C=CCn1ncc2ccc(NC(=O)c3ccc(Br)nc3C(F)(F)F)cc21. The smallest absolute Gasteiger partial charge is 0.322 e. The van der Waals surface area contributed by atoms with Crippen LogP contribution in [0.5, 0.6) is 0 Å². The Labute approximate surface area is 154 Å². The van der Waals surface area contributed by atoms with Gasteiger partial charge in [-0.25, -0.2) is 4.98 Å². The topological polar surface area (TPSA) is 59.8 Å². The van der Waals surface area contributed by atoms with Crippen LogP contribution in [0.4, 0.5) is 18.9 Å². The quantitative estimate of drug-likeness (QED) is 0.489. The molecule has 0 fully saturated rings. The van der Waals surface area contributed by atoms with E-state index in [4.69, 9.17) is 0 Å². The van der Waals surface area contributed by atoms with E-state index in [1.165, 1.54) is 6.07 Å². The molecule has 134 valence electrons. The molecule has 5 nitrogen and oxygen atoms in total. The highest BCUT2D eigenvalue weighted by Crippen LogP contribution is 2.32. The van der Waals surface area contributed by atoms with E-state index in [1.807, 2.05) is 0 Å². The Morgan fingerprint density at radius 3 is 2.77 bits per heavy atom. The number of rotatable bonds is 4. The van der Waals surface area contributed by atoms with Gasteiger partial charge in [-0.3, -0.25) is 9.48 Å². The van der Waals surface area contributed by atoms with Crippen LogP contribution in [0, 0.1) is 0 Å². The minimum atomic E-state index is -4.75. The highest BCUT2D eigenvalue weighted by molar-refractivity contribution is 9.10. The monoisotopic (exact) mass is 424 g/mol. The third-order valence-corrected chi connectivity index (χ3v) is 4.02. The third-order valence-electron chi connectivity index (χ3n) is 3.58. The fraction of sp³-hybridized carbons (Fsp3) is 0.118. The molecule has 0 saturated heterocycles. The van der Waals surface area contributed by atoms with Crippen molar-refractivity contribution in [2.24, 2.45) is 0 Å². The Bertz CT molecular complexity index is 997. The number of nitrogens with one attached hydrogen (secondary N) is 1. The number of allylic oxidation sites excluding steroid dienone is 1. The van der Waals surface area contributed by atoms with Crippen LogP contribution in [0.1, 0.15) is 16.1 Å². The fourth-order valence-corrected chi connectivity index (χ4v) is 2.76. The van der Waals surface area contributed by atoms with E-state index in [2.05, 4.69) is 37.9 Å². The van der Waals surface area contributed by atoms with Crippen LogP contribution >= 0.6 is 15.9 Å². The number of hydrogen-bond acceptors (Lipinski definition) is 3. The molecule has 0 aliphatic rings. The number of benzene rings is 1. The normalized spacial score (nSPS) is 11.5. The van der Waals surface area contributed by atoms with Gasteiger partial charge in [0, 0.05) is 11.1 Å². The van der Waals surface area contributed by atoms with Gasteiger partial charge in [-0.05, 0) is 46.3 Å². The first-order valence-electron chi connectivity index (χ1n) is 7.41. The van der Waals surface area contributed by atoms with Crippen molar-refractivity contribution in [3.05, 3.63) is 65.0 Å². The van der Waals surface area contributed by atoms with E-state index in [9.17, 15) is 18.0 Å². The van der Waals surface area contributed by atoms with E-state index >= 15 is 0 Å². The standard InChI is InChI=1S/C17H12BrF3N4O/c1-2-7-25-13-8-11(4-3-10(13)9-22-25)23-16(26)12-5-6-14(18)24-15(12)17(19,20)21/h2-6,8-9H,1,7H2,(H,23,26). The first-order valence-corrected chi connectivity index (χ1v) is 8.20. The number of nitrogens with zero attached hydrogens (tertiary/aromatic N) is 3. The van der Waals surface area contributed by atoms with Gasteiger partial charge in [0.1, 0.15) is 4.60 Å². The van der Waals surface area contributed by atoms with Crippen molar-refractivity contribution in [3.8, 4) is 0 Å². The highest BCUT2D eigenvalue weighted by atomic mass is 79.9. The van der Waals surface area contributed by atoms with Crippen LogP contribution in [0.25, 0.3) is 10.9 Å². The largest absolute Gasteiger partial charge is 0.434 e. The zero-order valence-corrected chi connectivity index (χ0v) is 14.8. The Hall–Kier alpha value is -2.68. The molecular formula is C17H12BrF3N4O. The predicted octanol–water partition coefficient (Wildman–Crippen LogP) is 4.65. The van der Waals surface area contributed by atoms with Gasteiger partial charge >= 0.3 is 6.18 Å². The molecule has 9 heteroatoms. The van der Waals surface area contributed by atoms with E-state index < -0.39 is 23.3 Å². The number of fused-ring (bicyclic) bond motifs is 1. The first-order chi connectivity index (χ1) is 12.3. The Morgan fingerprint density at radius 1 is 1.31 bits per heavy atom. The molecule has 1 N–H and O–H groups in total. The van der Waals surface area contributed by atoms with Gasteiger partial charge in [-0.15, -0.1) is 6.58 Å². The van der Waals surface area contributed by atoms with Crippen LogP contribution < -0.4 is 5.32 Å². The zero-order chi connectivity index (χ0) is 18.9. The Morgan fingerprint density at radius 2 is 2.08 bits per heavy atom. The summed E-state index contributed by atoms with van der Waals surface area (Å²) in [7, 11) is 0. The number of alkyl halides is 3. The molecule has 2 aromatic heterocycles. The lowest BCUT2D eigenvalue weighted by atomic mass is 10.1. The average Bonchev–Trinajstić information content (AvgIpc) is 2.97. The van der Waals surface area contributed by atoms with Crippen LogP contribution in [0.15, 0.2) is 53.8 Å². The van der Waals surface area contributed by atoms with Crippen molar-refractivity contribution >= 4 is 38.4 Å². The molecule has 0 bridgehead atoms. The summed E-state index contributed by atoms with van der Waals surface area (Å²) in [4.78, 5) is 15.8. The van der Waals surface area contributed by atoms with Crippen LogP contribution in [-0.2, 0) is 12.7 Å². The molecule has 3 aromatic rings. The second-order valence-electron chi connectivity index (χ2n) is 5.37. The van der Waals surface area contributed by atoms with E-state index in [1.54, 1.807) is 35.2 Å². The molecule has 1 amide bonds. The molecule has 0 unspecified atom stereocenters. The molecule has 3 rings (SSSR count). The van der Waals surface area contributed by atoms with Crippen molar-refractivity contribution in [3.63, 3.8) is 0 Å². The maximum atomic E-state index is 13.1. The molecule has 0 atom stereocenters. The van der Waals surface area contributed by atoms with Gasteiger partial charge in [0.2, 0.25) is 0 Å². The van der Waals surface area contributed by atoms with Gasteiger partial charge in [0.15, 0.2) is 5.69 Å². The molecule has 0 spiro atoms. The third kappa shape index (κ3) is 3.62. The number of carbonyl (C=O) groups is 1. The van der Waals surface area contributed by atoms with Gasteiger partial charge in [-0.1, -0.05) is 6.08 Å². The predicted molar refractivity (Wildman–Crippen MR) is 94.8 cm³/mol. The summed E-state index contributed by atoms with van der Waals surface area (Å²) >= 11 is 2.89. The number of aromatic nitrogens is 3. The zero-order valence-electron chi connectivity index (χ0n) is 13.2. The molecule has 2 heterocycles. The lowest BCUT2D eigenvalue weighted by molar-refractivity contribution is -0.141. The Balaban J connectivity index is 1.94. The minimum Gasteiger partial charge on any atom is -0.322 e. The molecule has 26 heavy (non-hydrogen) atoms. The maximum Gasteiger partial charge on any atom is 0.434 e. The molecule has 0 aliphatic heterocycles.